The first-order valence-corrected chi connectivity index (χ1v) is 8.38. The summed E-state index contributed by atoms with van der Waals surface area (Å²) in [6.07, 6.45) is 0. The Labute approximate surface area is 139 Å². The highest BCUT2D eigenvalue weighted by Crippen LogP contribution is 2.28. The predicted molar refractivity (Wildman–Crippen MR) is 92.9 cm³/mol. The Balaban J connectivity index is 1.93. The van der Waals surface area contributed by atoms with Crippen LogP contribution in [0, 0.1) is 5.82 Å². The van der Waals surface area contributed by atoms with E-state index in [1.807, 2.05) is 55.4 Å². The first-order valence-electron chi connectivity index (χ1n) is 7.40. The van der Waals surface area contributed by atoms with Crippen molar-refractivity contribution in [1.82, 2.24) is 14.9 Å². The first-order chi connectivity index (χ1) is 11.1. The number of hydrogen-bond donors (Lipinski definition) is 0. The van der Waals surface area contributed by atoms with E-state index in [2.05, 4.69) is 9.97 Å². The summed E-state index contributed by atoms with van der Waals surface area (Å²) in [5, 5.41) is 1.91. The lowest BCUT2D eigenvalue weighted by Gasteiger charge is -2.12. The summed E-state index contributed by atoms with van der Waals surface area (Å²) in [6.45, 7) is 0.679. The van der Waals surface area contributed by atoms with Crippen LogP contribution in [0.4, 0.5) is 4.39 Å². The fourth-order valence-corrected chi connectivity index (χ4v) is 3.34. The third-order valence-corrected chi connectivity index (χ3v) is 4.43. The number of fused-ring (bicyclic) bond motifs is 1. The van der Waals surface area contributed by atoms with Crippen LogP contribution in [0.1, 0.15) is 11.4 Å². The van der Waals surface area contributed by atoms with Gasteiger partial charge in [-0.1, -0.05) is 36.4 Å². The lowest BCUT2D eigenvalue weighted by atomic mass is 10.2. The van der Waals surface area contributed by atoms with Gasteiger partial charge in [-0.25, -0.2) is 14.4 Å². The Bertz CT molecular complexity index is 820. The minimum absolute atomic E-state index is 0.174. The number of thioether (sulfide) groups is 1. The summed E-state index contributed by atoms with van der Waals surface area (Å²) in [6, 6.07) is 14.8. The molecule has 0 N–H and O–H groups in total. The van der Waals surface area contributed by atoms with Gasteiger partial charge in [0.2, 0.25) is 0 Å². The average molecular weight is 327 g/mol. The molecule has 0 aliphatic rings. The van der Waals surface area contributed by atoms with Crippen molar-refractivity contribution in [3.05, 3.63) is 65.7 Å². The smallest absolute Gasteiger partial charge is 0.144 e. The number of nitrogens with zero attached hydrogens (tertiary/aromatic N) is 3. The molecule has 0 amide bonds. The maximum atomic E-state index is 13.8. The molecule has 0 aliphatic heterocycles. The van der Waals surface area contributed by atoms with Gasteiger partial charge >= 0.3 is 0 Å². The van der Waals surface area contributed by atoms with Crippen LogP contribution in [-0.2, 0) is 12.3 Å². The molecule has 2 aromatic carbocycles. The third kappa shape index (κ3) is 3.86. The fourth-order valence-electron chi connectivity index (χ4n) is 2.32. The van der Waals surface area contributed by atoms with Gasteiger partial charge in [0.05, 0.1) is 12.1 Å². The van der Waals surface area contributed by atoms with Gasteiger partial charge < -0.3 is 4.90 Å². The molecule has 0 radical (unpaired) electrons. The molecule has 0 unspecified atom stereocenters. The Hall–Kier alpha value is -1.98. The van der Waals surface area contributed by atoms with Crippen LogP contribution < -0.4 is 0 Å². The second kappa shape index (κ2) is 7.06. The average Bonchev–Trinajstić information content (AvgIpc) is 2.53. The maximum Gasteiger partial charge on any atom is 0.144 e. The molecular weight excluding hydrogens is 309 g/mol. The second-order valence-electron chi connectivity index (χ2n) is 5.58. The molecule has 0 spiro atoms. The summed E-state index contributed by atoms with van der Waals surface area (Å²) in [4.78, 5) is 11.3. The van der Waals surface area contributed by atoms with E-state index in [9.17, 15) is 4.39 Å². The van der Waals surface area contributed by atoms with Gasteiger partial charge in [-0.3, -0.25) is 0 Å². The predicted octanol–water partition coefficient (Wildman–Crippen LogP) is 4.12. The van der Waals surface area contributed by atoms with Gasteiger partial charge in [-0.2, -0.15) is 0 Å². The second-order valence-corrected chi connectivity index (χ2v) is 6.54. The molecule has 0 atom stereocenters. The van der Waals surface area contributed by atoms with Crippen molar-refractivity contribution in [2.24, 2.45) is 0 Å². The Kier molecular flexibility index (Phi) is 4.88. The Morgan fingerprint density at radius 1 is 1.00 bits per heavy atom. The monoisotopic (exact) mass is 327 g/mol. The lowest BCUT2D eigenvalue weighted by molar-refractivity contribution is 0.390. The SMILES string of the molecule is CN(C)Cc1nc(SCc2ccccc2F)c2ccccc2n1. The molecule has 23 heavy (non-hydrogen) atoms. The van der Waals surface area contributed by atoms with E-state index in [-0.39, 0.29) is 5.82 Å². The van der Waals surface area contributed by atoms with Crippen LogP contribution in [0.5, 0.6) is 0 Å². The zero-order chi connectivity index (χ0) is 16.2. The zero-order valence-corrected chi connectivity index (χ0v) is 14.0. The lowest BCUT2D eigenvalue weighted by Crippen LogP contribution is -2.13. The summed E-state index contributed by atoms with van der Waals surface area (Å²) in [5.41, 5.74) is 1.62. The van der Waals surface area contributed by atoms with E-state index < -0.39 is 0 Å². The standard InChI is InChI=1S/C18H18FN3S/c1-22(2)11-17-20-16-10-6-4-8-14(16)18(21-17)23-12-13-7-3-5-9-15(13)19/h3-10H,11-12H2,1-2H3. The van der Waals surface area contributed by atoms with Gasteiger partial charge in [0.25, 0.3) is 0 Å². The van der Waals surface area contributed by atoms with Crippen molar-refractivity contribution in [3.63, 3.8) is 0 Å². The first kappa shape index (κ1) is 15.9. The van der Waals surface area contributed by atoms with Gasteiger partial charge in [0.15, 0.2) is 0 Å². The zero-order valence-electron chi connectivity index (χ0n) is 13.2. The molecule has 1 aromatic heterocycles. The van der Waals surface area contributed by atoms with E-state index in [0.717, 1.165) is 21.8 Å². The molecule has 118 valence electrons. The highest BCUT2D eigenvalue weighted by atomic mass is 32.2. The topological polar surface area (TPSA) is 29.0 Å². The van der Waals surface area contributed by atoms with Crippen molar-refractivity contribution in [2.75, 3.05) is 14.1 Å². The maximum absolute atomic E-state index is 13.8. The van der Waals surface area contributed by atoms with Crippen molar-refractivity contribution >= 4 is 22.7 Å². The van der Waals surface area contributed by atoms with Gasteiger partial charge in [0, 0.05) is 11.1 Å². The van der Waals surface area contributed by atoms with Crippen LogP contribution in [0.2, 0.25) is 0 Å². The van der Waals surface area contributed by atoms with Crippen LogP contribution in [0.3, 0.4) is 0 Å². The van der Waals surface area contributed by atoms with Crippen molar-refractivity contribution in [1.29, 1.82) is 0 Å². The minimum atomic E-state index is -0.174. The molecule has 0 aliphatic carbocycles. The number of benzene rings is 2. The molecule has 3 nitrogen and oxygen atoms in total. The Morgan fingerprint density at radius 2 is 1.74 bits per heavy atom. The number of rotatable bonds is 5. The fraction of sp³-hybridized carbons (Fsp3) is 0.222. The molecule has 0 bridgehead atoms. The number of aromatic nitrogens is 2. The van der Waals surface area contributed by atoms with E-state index in [1.54, 1.807) is 17.8 Å². The molecule has 1 heterocycles. The van der Waals surface area contributed by atoms with Crippen LogP contribution in [-0.4, -0.2) is 29.0 Å². The third-order valence-electron chi connectivity index (χ3n) is 3.39. The molecule has 0 saturated heterocycles. The number of hydrogen-bond acceptors (Lipinski definition) is 4. The Morgan fingerprint density at radius 3 is 2.52 bits per heavy atom. The summed E-state index contributed by atoms with van der Waals surface area (Å²) < 4.78 is 13.8. The van der Waals surface area contributed by atoms with Gasteiger partial charge in [-0.15, -0.1) is 11.8 Å². The quantitative estimate of drug-likeness (QED) is 0.521. The van der Waals surface area contributed by atoms with E-state index >= 15 is 0 Å². The molecular formula is C18H18FN3S. The summed E-state index contributed by atoms with van der Waals surface area (Å²) in [7, 11) is 3.98. The van der Waals surface area contributed by atoms with Gasteiger partial charge in [0.1, 0.15) is 16.7 Å². The normalized spacial score (nSPS) is 11.3. The number of halogens is 1. The highest BCUT2D eigenvalue weighted by Gasteiger charge is 2.10. The number of para-hydroxylation sites is 1. The van der Waals surface area contributed by atoms with Gasteiger partial charge in [-0.05, 0) is 31.8 Å². The minimum Gasteiger partial charge on any atom is -0.302 e. The molecule has 5 heteroatoms. The molecule has 0 saturated carbocycles. The van der Waals surface area contributed by atoms with E-state index in [1.165, 1.54) is 6.07 Å². The van der Waals surface area contributed by atoms with E-state index in [4.69, 9.17) is 0 Å². The van der Waals surface area contributed by atoms with Crippen molar-refractivity contribution < 1.29 is 4.39 Å². The van der Waals surface area contributed by atoms with Crippen LogP contribution in [0.25, 0.3) is 10.9 Å². The van der Waals surface area contributed by atoms with Crippen LogP contribution >= 0.6 is 11.8 Å². The van der Waals surface area contributed by atoms with E-state index in [0.29, 0.717) is 17.9 Å². The van der Waals surface area contributed by atoms with Crippen molar-refractivity contribution in [3.8, 4) is 0 Å². The highest BCUT2D eigenvalue weighted by molar-refractivity contribution is 7.98. The molecule has 3 rings (SSSR count). The molecule has 0 fully saturated rings. The molecule has 3 aromatic rings. The van der Waals surface area contributed by atoms with Crippen LogP contribution in [0.15, 0.2) is 53.6 Å². The van der Waals surface area contributed by atoms with Crippen molar-refractivity contribution in [2.45, 2.75) is 17.3 Å². The largest absolute Gasteiger partial charge is 0.302 e. The summed E-state index contributed by atoms with van der Waals surface area (Å²) >= 11 is 1.55. The summed E-state index contributed by atoms with van der Waals surface area (Å²) in [5.74, 6) is 1.16.